The third-order valence-electron chi connectivity index (χ3n) is 9.16. The van der Waals surface area contributed by atoms with E-state index in [9.17, 15) is 14.9 Å². The summed E-state index contributed by atoms with van der Waals surface area (Å²) in [7, 11) is 2.08. The number of nitriles is 1. The molecule has 3 aliphatic heterocycles. The quantitative estimate of drug-likeness (QED) is 0.329. The highest BCUT2D eigenvalue weighted by atomic mass is 35.5. The van der Waals surface area contributed by atoms with Crippen molar-refractivity contribution in [3.8, 4) is 12.1 Å². The van der Waals surface area contributed by atoms with Gasteiger partial charge in [0.05, 0.1) is 29.2 Å². The maximum atomic E-state index is 14.5. The van der Waals surface area contributed by atoms with Crippen LogP contribution >= 0.6 is 11.6 Å². The number of carbonyl (C=O) groups is 2. The number of hydrogen-bond acceptors (Lipinski definition) is 9. The molecule has 11 nitrogen and oxygen atoms in total. The number of piperazine rings is 1. The Morgan fingerprint density at radius 1 is 1.06 bits per heavy atom. The first kappa shape index (κ1) is 32.8. The van der Waals surface area contributed by atoms with Crippen molar-refractivity contribution in [1.82, 2.24) is 19.8 Å². The second kappa shape index (κ2) is 13.5. The molecule has 2 saturated heterocycles. The molecule has 0 saturated carbocycles. The van der Waals surface area contributed by atoms with E-state index in [1.54, 1.807) is 9.80 Å². The van der Waals surface area contributed by atoms with Gasteiger partial charge in [0.25, 0.3) is 5.91 Å². The molecule has 12 heteroatoms. The number of amides is 2. The number of carbonyl (C=O) groups excluding carboxylic acids is 2. The van der Waals surface area contributed by atoms with Crippen molar-refractivity contribution >= 4 is 45.9 Å². The molecule has 0 spiro atoms. The second-order valence-corrected chi connectivity index (χ2v) is 14.0. The van der Waals surface area contributed by atoms with E-state index in [0.717, 1.165) is 41.4 Å². The fourth-order valence-electron chi connectivity index (χ4n) is 6.81. The summed E-state index contributed by atoms with van der Waals surface area (Å²) in [6.07, 6.45) is 3.07. The lowest BCUT2D eigenvalue weighted by atomic mass is 10.1. The largest absolute Gasteiger partial charge is 0.462 e. The molecule has 0 bridgehead atoms. The number of ether oxygens (including phenoxy) is 2. The number of likely N-dealkylation sites (N-methyl/N-ethyl adjacent to an activating group) is 1. The summed E-state index contributed by atoms with van der Waals surface area (Å²) in [6.45, 7) is 8.53. The number of halogens is 1. The van der Waals surface area contributed by atoms with Crippen molar-refractivity contribution in [3.05, 3.63) is 52.7 Å². The Kier molecular flexibility index (Phi) is 9.44. The Bertz CT molecular complexity index is 1700. The molecule has 2 amide bonds. The third kappa shape index (κ3) is 6.94. The topological polar surface area (TPSA) is 115 Å². The minimum Gasteiger partial charge on any atom is -0.462 e. The monoisotopic (exact) mass is 659 g/mol. The van der Waals surface area contributed by atoms with Crippen LogP contribution in [0.25, 0.3) is 10.8 Å². The standard InChI is InChI=1S/C35H42ClN7O4/c1-35(2,3)47-34(45)42-20-19-41(21-24(42)15-16-37)31-26-12-8-18-43(28-14-6-10-23-9-5-13-27(36)29(23)28)32(44)30(26)38-33(39-31)46-22-25-11-7-17-40(25)4/h5-6,9-10,13-14,24-25H,7-8,11-12,15,17-22H2,1-4H3/t24-,25-/m0/s1. The Balaban J connectivity index is 1.38. The number of hydrogen-bond donors (Lipinski definition) is 0. The molecule has 0 radical (unpaired) electrons. The summed E-state index contributed by atoms with van der Waals surface area (Å²) in [6, 6.07) is 13.8. The number of aromatic nitrogens is 2. The van der Waals surface area contributed by atoms with Gasteiger partial charge in [0.2, 0.25) is 0 Å². The first-order valence-electron chi connectivity index (χ1n) is 16.4. The highest BCUT2D eigenvalue weighted by Gasteiger charge is 2.37. The van der Waals surface area contributed by atoms with Crippen LogP contribution in [0.5, 0.6) is 6.01 Å². The van der Waals surface area contributed by atoms with Gasteiger partial charge in [-0.2, -0.15) is 15.2 Å². The normalized spacial score (nSPS) is 20.6. The van der Waals surface area contributed by atoms with E-state index in [1.807, 2.05) is 57.2 Å². The van der Waals surface area contributed by atoms with Crippen molar-refractivity contribution in [2.45, 2.75) is 70.6 Å². The molecule has 2 aromatic carbocycles. The van der Waals surface area contributed by atoms with Gasteiger partial charge < -0.3 is 29.1 Å². The Morgan fingerprint density at radius 2 is 1.85 bits per heavy atom. The first-order chi connectivity index (χ1) is 22.5. The molecule has 3 aliphatic rings. The van der Waals surface area contributed by atoms with Gasteiger partial charge in [-0.15, -0.1) is 0 Å². The summed E-state index contributed by atoms with van der Waals surface area (Å²) >= 11 is 6.69. The molecule has 0 unspecified atom stereocenters. The predicted octanol–water partition coefficient (Wildman–Crippen LogP) is 5.69. The Morgan fingerprint density at radius 3 is 2.57 bits per heavy atom. The smallest absolute Gasteiger partial charge is 0.410 e. The molecule has 2 fully saturated rings. The van der Waals surface area contributed by atoms with Crippen LogP contribution in [0.4, 0.5) is 16.3 Å². The minimum absolute atomic E-state index is 0.134. The molecule has 1 aromatic heterocycles. The molecule has 248 valence electrons. The van der Waals surface area contributed by atoms with Crippen LogP contribution in [-0.4, -0.2) is 95.8 Å². The molecule has 0 aliphatic carbocycles. The van der Waals surface area contributed by atoms with E-state index < -0.39 is 17.7 Å². The highest BCUT2D eigenvalue weighted by Crippen LogP contribution is 2.37. The summed E-state index contributed by atoms with van der Waals surface area (Å²) in [5, 5.41) is 12.0. The lowest BCUT2D eigenvalue weighted by Crippen LogP contribution is -2.56. The van der Waals surface area contributed by atoms with Crippen LogP contribution in [0.3, 0.4) is 0 Å². The van der Waals surface area contributed by atoms with Crippen LogP contribution in [0.2, 0.25) is 5.02 Å². The van der Waals surface area contributed by atoms with Gasteiger partial charge in [-0.3, -0.25) is 4.79 Å². The average molecular weight is 660 g/mol. The van der Waals surface area contributed by atoms with Gasteiger partial charge >= 0.3 is 12.1 Å². The summed E-state index contributed by atoms with van der Waals surface area (Å²) < 4.78 is 11.9. The minimum atomic E-state index is -0.657. The van der Waals surface area contributed by atoms with Crippen LogP contribution in [0.15, 0.2) is 36.4 Å². The molecule has 0 N–H and O–H groups in total. The molecule has 3 aromatic rings. The van der Waals surface area contributed by atoms with Gasteiger partial charge in [-0.05, 0) is 77.6 Å². The number of anilines is 2. The van der Waals surface area contributed by atoms with E-state index >= 15 is 0 Å². The fraction of sp³-hybridized carbons (Fsp3) is 0.514. The van der Waals surface area contributed by atoms with Crippen molar-refractivity contribution < 1.29 is 19.1 Å². The van der Waals surface area contributed by atoms with Crippen molar-refractivity contribution in [2.24, 2.45) is 0 Å². The maximum Gasteiger partial charge on any atom is 0.410 e. The summed E-state index contributed by atoms with van der Waals surface area (Å²) in [4.78, 5) is 45.1. The number of nitrogens with zero attached hydrogens (tertiary/aromatic N) is 7. The molecule has 4 heterocycles. The van der Waals surface area contributed by atoms with E-state index in [-0.39, 0.29) is 24.4 Å². The lowest BCUT2D eigenvalue weighted by Gasteiger charge is -2.42. The number of likely N-dealkylation sites (tertiary alicyclic amines) is 1. The summed E-state index contributed by atoms with van der Waals surface area (Å²) in [5.41, 5.74) is 1.13. The maximum absolute atomic E-state index is 14.5. The molecule has 2 atom stereocenters. The predicted molar refractivity (Wildman–Crippen MR) is 181 cm³/mol. The van der Waals surface area contributed by atoms with Gasteiger partial charge in [-0.25, -0.2) is 4.79 Å². The number of rotatable bonds is 6. The zero-order chi connectivity index (χ0) is 33.3. The van der Waals surface area contributed by atoms with Gasteiger partial charge in [-0.1, -0.05) is 35.9 Å². The SMILES string of the molecule is CN1CCC[C@H]1COc1nc2c(c(N3CCN(C(=O)OC(C)(C)C)[C@@H](CC#N)C3)n1)CCCN(c1cccc3cccc(Cl)c13)C2=O. The lowest BCUT2D eigenvalue weighted by molar-refractivity contribution is 0.0144. The van der Waals surface area contributed by atoms with Crippen LogP contribution in [-0.2, 0) is 11.2 Å². The van der Waals surface area contributed by atoms with Crippen LogP contribution < -0.4 is 14.5 Å². The van der Waals surface area contributed by atoms with E-state index in [2.05, 4.69) is 22.9 Å². The van der Waals surface area contributed by atoms with Gasteiger partial charge in [0, 0.05) is 43.2 Å². The molecule has 47 heavy (non-hydrogen) atoms. The second-order valence-electron chi connectivity index (χ2n) is 13.6. The molecule has 6 rings (SSSR count). The van der Waals surface area contributed by atoms with Crippen molar-refractivity contribution in [1.29, 1.82) is 5.26 Å². The van der Waals surface area contributed by atoms with Gasteiger partial charge in [0.1, 0.15) is 23.7 Å². The molecular weight excluding hydrogens is 618 g/mol. The molecular formula is C35H42ClN7O4. The van der Waals surface area contributed by atoms with Crippen molar-refractivity contribution in [3.63, 3.8) is 0 Å². The Hall–Kier alpha value is -4.14. The van der Waals surface area contributed by atoms with Crippen LogP contribution in [0, 0.1) is 11.3 Å². The van der Waals surface area contributed by atoms with E-state index in [1.165, 1.54) is 0 Å². The highest BCUT2D eigenvalue weighted by molar-refractivity contribution is 6.37. The first-order valence-corrected chi connectivity index (χ1v) is 16.8. The number of fused-ring (bicyclic) bond motifs is 2. The van der Waals surface area contributed by atoms with Crippen molar-refractivity contribution in [2.75, 3.05) is 56.2 Å². The fourth-order valence-corrected chi connectivity index (χ4v) is 7.09. The average Bonchev–Trinajstić information content (AvgIpc) is 3.37. The third-order valence-corrected chi connectivity index (χ3v) is 9.47. The Labute approximate surface area is 281 Å². The van der Waals surface area contributed by atoms with E-state index in [0.29, 0.717) is 62.2 Å². The zero-order valence-corrected chi connectivity index (χ0v) is 28.3. The van der Waals surface area contributed by atoms with E-state index in [4.69, 9.17) is 31.0 Å². The van der Waals surface area contributed by atoms with Gasteiger partial charge in [0.15, 0.2) is 0 Å². The zero-order valence-electron chi connectivity index (χ0n) is 27.5. The summed E-state index contributed by atoms with van der Waals surface area (Å²) in [5.74, 6) is 0.375. The van der Waals surface area contributed by atoms with Crippen LogP contribution in [0.1, 0.15) is 62.5 Å². The number of benzene rings is 2.